The molecule has 1 aromatic heterocycles. The third kappa shape index (κ3) is 7.25. The molecule has 1 N–H and O–H groups in total. The van der Waals surface area contributed by atoms with Gasteiger partial charge in [-0.15, -0.1) is 0 Å². The molecule has 0 aliphatic rings. The van der Waals surface area contributed by atoms with E-state index in [-0.39, 0.29) is 11.7 Å². The molecule has 1 amide bonds. The molecule has 0 aliphatic heterocycles. The van der Waals surface area contributed by atoms with E-state index in [2.05, 4.69) is 19.9 Å². The van der Waals surface area contributed by atoms with E-state index in [0.717, 1.165) is 29.8 Å². The molecule has 34 heavy (non-hydrogen) atoms. The predicted octanol–water partition coefficient (Wildman–Crippen LogP) is 5.27. The minimum absolute atomic E-state index is 0.0743. The molecule has 0 bridgehead atoms. The molecule has 0 atom stereocenters. The molecule has 0 fully saturated rings. The van der Waals surface area contributed by atoms with Crippen molar-refractivity contribution in [3.05, 3.63) is 66.2 Å². The number of benzene rings is 2. The van der Waals surface area contributed by atoms with Crippen molar-refractivity contribution in [1.82, 2.24) is 9.88 Å². The molecule has 0 radical (unpaired) electrons. The van der Waals surface area contributed by atoms with Crippen LogP contribution in [0.25, 0.3) is 17.0 Å². The summed E-state index contributed by atoms with van der Waals surface area (Å²) in [5.41, 5.74) is 2.19. The Balaban J connectivity index is 1.60. The molecule has 2 aromatic carbocycles. The van der Waals surface area contributed by atoms with Crippen LogP contribution in [0, 0.1) is 0 Å². The number of likely N-dealkylation sites (N-methyl/N-ethyl adjacent to an activating group) is 2. The summed E-state index contributed by atoms with van der Waals surface area (Å²) in [7, 11) is 6.09. The Morgan fingerprint density at radius 2 is 1.79 bits per heavy atom. The monoisotopic (exact) mass is 468 g/mol. The van der Waals surface area contributed by atoms with Crippen LogP contribution in [0.3, 0.4) is 0 Å². The van der Waals surface area contributed by atoms with Gasteiger partial charge in [0.25, 0.3) is 0 Å². The lowest BCUT2D eigenvalue weighted by molar-refractivity contribution is -0.177. The van der Waals surface area contributed by atoms with Gasteiger partial charge in [-0.1, -0.05) is 19.1 Å². The second kappa shape index (κ2) is 11.1. The van der Waals surface area contributed by atoms with E-state index in [4.69, 9.17) is 4.98 Å². The fraction of sp³-hybridized carbons (Fsp3) is 0.308. The zero-order valence-corrected chi connectivity index (χ0v) is 19.9. The minimum Gasteiger partial charge on any atom is -0.433 e. The van der Waals surface area contributed by atoms with Crippen LogP contribution in [-0.4, -0.2) is 56.1 Å². The van der Waals surface area contributed by atoms with Crippen molar-refractivity contribution in [3.8, 4) is 5.75 Å². The number of fused-ring (bicyclic) bond motifs is 1. The number of carbonyl (C=O) groups excluding carboxylic acids is 1. The largest absolute Gasteiger partial charge is 0.433 e. The second-order valence-corrected chi connectivity index (χ2v) is 8.29. The molecule has 0 aliphatic carbocycles. The molecule has 1 heterocycles. The van der Waals surface area contributed by atoms with Crippen LogP contribution in [0.15, 0.2) is 60.7 Å². The summed E-state index contributed by atoms with van der Waals surface area (Å²) in [6.45, 7) is 3.15. The fourth-order valence-corrected chi connectivity index (χ4v) is 3.12. The number of nitrogens with one attached hydrogen (secondary N) is 1. The molecule has 6 nitrogen and oxygen atoms in total. The highest BCUT2D eigenvalue weighted by atomic mass is 19.3. The van der Waals surface area contributed by atoms with E-state index in [0.29, 0.717) is 11.3 Å². The fourth-order valence-electron chi connectivity index (χ4n) is 3.12. The van der Waals surface area contributed by atoms with E-state index in [1.54, 1.807) is 18.2 Å². The van der Waals surface area contributed by atoms with Gasteiger partial charge in [-0.3, -0.25) is 4.79 Å². The number of amides is 1. The number of halogens is 2. The van der Waals surface area contributed by atoms with Crippen LogP contribution in [0.2, 0.25) is 0 Å². The Kier molecular flexibility index (Phi) is 8.17. The number of aromatic nitrogens is 1. The van der Waals surface area contributed by atoms with Crippen LogP contribution in [0.1, 0.15) is 18.9 Å². The van der Waals surface area contributed by atoms with Crippen LogP contribution in [0.4, 0.5) is 20.3 Å². The van der Waals surface area contributed by atoms with Crippen LogP contribution in [-0.2, 0) is 4.79 Å². The van der Waals surface area contributed by atoms with Crippen molar-refractivity contribution in [3.63, 3.8) is 0 Å². The standard InChI is InChI=1S/C26H30F2N4O2/c1-5-26(27,28)34-22-11-6-19(7-12-22)8-15-25(33)29-21-10-13-23-20(18-21)9-14-24(30-23)32(4)17-16-31(2)3/h6-15,18H,5,16-17H2,1-4H3,(H,29,33)/b15-8+. The minimum atomic E-state index is -3.20. The van der Waals surface area contributed by atoms with Crippen molar-refractivity contribution in [2.75, 3.05) is 44.4 Å². The van der Waals surface area contributed by atoms with Gasteiger partial charge < -0.3 is 19.9 Å². The average molecular weight is 469 g/mol. The van der Waals surface area contributed by atoms with Crippen LogP contribution < -0.4 is 15.0 Å². The van der Waals surface area contributed by atoms with Gasteiger partial charge in [0.1, 0.15) is 11.6 Å². The number of carbonyl (C=O) groups is 1. The summed E-state index contributed by atoms with van der Waals surface area (Å²) in [6.07, 6.45) is -0.609. The van der Waals surface area contributed by atoms with Crippen molar-refractivity contribution in [2.45, 2.75) is 19.5 Å². The summed E-state index contributed by atoms with van der Waals surface area (Å²) in [5.74, 6) is 0.666. The smallest absolute Gasteiger partial charge is 0.397 e. The second-order valence-electron chi connectivity index (χ2n) is 8.29. The SMILES string of the molecule is CCC(F)(F)Oc1ccc(/C=C/C(=O)Nc2ccc3nc(N(C)CCN(C)C)ccc3c2)cc1. The number of anilines is 2. The third-order valence-corrected chi connectivity index (χ3v) is 5.20. The van der Waals surface area contributed by atoms with Crippen LogP contribution in [0.5, 0.6) is 5.75 Å². The summed E-state index contributed by atoms with van der Waals surface area (Å²) in [4.78, 5) is 21.3. The van der Waals surface area contributed by atoms with Gasteiger partial charge in [-0.2, -0.15) is 8.78 Å². The topological polar surface area (TPSA) is 57.7 Å². The Morgan fingerprint density at radius 3 is 2.47 bits per heavy atom. The summed E-state index contributed by atoms with van der Waals surface area (Å²) in [5, 5.41) is 3.75. The summed E-state index contributed by atoms with van der Waals surface area (Å²) < 4.78 is 31.3. The first-order valence-electron chi connectivity index (χ1n) is 11.1. The molecule has 0 unspecified atom stereocenters. The van der Waals surface area contributed by atoms with E-state index in [1.807, 2.05) is 51.5 Å². The molecule has 180 valence electrons. The van der Waals surface area contributed by atoms with Gasteiger partial charge in [0.2, 0.25) is 5.91 Å². The van der Waals surface area contributed by atoms with Crippen molar-refractivity contribution < 1.29 is 18.3 Å². The Hall–Kier alpha value is -3.52. The highest BCUT2D eigenvalue weighted by Crippen LogP contribution is 2.25. The number of rotatable bonds is 10. The van der Waals surface area contributed by atoms with Crippen molar-refractivity contribution in [1.29, 1.82) is 0 Å². The van der Waals surface area contributed by atoms with Gasteiger partial charge >= 0.3 is 6.11 Å². The van der Waals surface area contributed by atoms with E-state index < -0.39 is 12.5 Å². The number of ether oxygens (including phenoxy) is 1. The maximum absolute atomic E-state index is 13.3. The Bertz CT molecular complexity index is 1150. The normalized spacial score (nSPS) is 11.9. The zero-order chi connectivity index (χ0) is 24.7. The number of hydrogen-bond acceptors (Lipinski definition) is 5. The quantitative estimate of drug-likeness (QED) is 0.411. The van der Waals surface area contributed by atoms with E-state index in [9.17, 15) is 13.6 Å². The number of hydrogen-bond donors (Lipinski definition) is 1. The number of alkyl halides is 2. The van der Waals surface area contributed by atoms with Gasteiger partial charge in [-0.25, -0.2) is 4.98 Å². The van der Waals surface area contributed by atoms with Gasteiger partial charge in [0, 0.05) is 43.7 Å². The average Bonchev–Trinajstić information content (AvgIpc) is 2.81. The van der Waals surface area contributed by atoms with Crippen molar-refractivity contribution in [2.24, 2.45) is 0 Å². The first kappa shape index (κ1) is 25.1. The number of nitrogens with zero attached hydrogens (tertiary/aromatic N) is 3. The van der Waals surface area contributed by atoms with Crippen LogP contribution >= 0.6 is 0 Å². The molecule has 3 aromatic rings. The Labute approximate surface area is 198 Å². The molecule has 0 saturated carbocycles. The highest BCUT2D eigenvalue weighted by molar-refractivity contribution is 6.03. The maximum Gasteiger partial charge on any atom is 0.397 e. The predicted molar refractivity (Wildman–Crippen MR) is 134 cm³/mol. The zero-order valence-electron chi connectivity index (χ0n) is 19.9. The molecular formula is C26H30F2N4O2. The lowest BCUT2D eigenvalue weighted by Crippen LogP contribution is -2.28. The summed E-state index contributed by atoms with van der Waals surface area (Å²) in [6, 6.07) is 15.6. The maximum atomic E-state index is 13.3. The molecule has 0 saturated heterocycles. The van der Waals surface area contributed by atoms with E-state index in [1.165, 1.54) is 25.1 Å². The van der Waals surface area contributed by atoms with Gasteiger partial charge in [0.15, 0.2) is 0 Å². The first-order valence-corrected chi connectivity index (χ1v) is 11.1. The molecule has 0 spiro atoms. The molecular weight excluding hydrogens is 438 g/mol. The third-order valence-electron chi connectivity index (χ3n) is 5.20. The lowest BCUT2D eigenvalue weighted by atomic mass is 10.2. The molecule has 8 heteroatoms. The van der Waals surface area contributed by atoms with Gasteiger partial charge in [0.05, 0.1) is 5.52 Å². The van der Waals surface area contributed by atoms with E-state index >= 15 is 0 Å². The first-order chi connectivity index (χ1) is 16.1. The van der Waals surface area contributed by atoms with Gasteiger partial charge in [-0.05, 0) is 68.2 Å². The lowest BCUT2D eigenvalue weighted by Gasteiger charge is -2.20. The number of pyridine rings is 1. The highest BCUT2D eigenvalue weighted by Gasteiger charge is 2.28. The summed E-state index contributed by atoms with van der Waals surface area (Å²) >= 11 is 0. The Morgan fingerprint density at radius 1 is 1.06 bits per heavy atom. The van der Waals surface area contributed by atoms with Crippen molar-refractivity contribution >= 4 is 34.4 Å². The molecule has 3 rings (SSSR count).